The van der Waals surface area contributed by atoms with E-state index >= 15 is 0 Å². The average molecular weight is 428 g/mol. The summed E-state index contributed by atoms with van der Waals surface area (Å²) in [6.45, 7) is 0. The number of nitriles is 1. The quantitative estimate of drug-likeness (QED) is 0.467. The maximum absolute atomic E-state index is 12.5. The van der Waals surface area contributed by atoms with E-state index in [-0.39, 0.29) is 11.3 Å². The van der Waals surface area contributed by atoms with Crippen LogP contribution < -0.4 is 5.32 Å². The molecule has 5 rings (SSSR count). The normalized spacial score (nSPS) is 14.6. The first-order valence-electron chi connectivity index (χ1n) is 10.0. The van der Waals surface area contributed by atoms with E-state index in [1.54, 1.807) is 36.5 Å². The molecular weight excluding hydrogens is 410 g/mol. The first kappa shape index (κ1) is 19.3. The molecule has 7 heteroatoms. The Labute approximate surface area is 183 Å². The predicted octanol–water partition coefficient (Wildman–Crippen LogP) is 5.21. The van der Waals surface area contributed by atoms with Gasteiger partial charge in [0.15, 0.2) is 0 Å². The van der Waals surface area contributed by atoms with Gasteiger partial charge in [-0.15, -0.1) is 0 Å². The summed E-state index contributed by atoms with van der Waals surface area (Å²) in [5.74, 6) is 0.632. The number of fused-ring (bicyclic) bond motifs is 1. The van der Waals surface area contributed by atoms with Crippen LogP contribution in [-0.4, -0.2) is 20.9 Å². The number of carbonyl (C=O) groups excluding carboxylic acids is 1. The van der Waals surface area contributed by atoms with Gasteiger partial charge in [0.05, 0.1) is 45.7 Å². The Balaban J connectivity index is 1.41. The number of pyridine rings is 1. The van der Waals surface area contributed by atoms with Crippen LogP contribution in [0.5, 0.6) is 0 Å². The molecule has 0 bridgehead atoms. The molecule has 0 spiro atoms. The summed E-state index contributed by atoms with van der Waals surface area (Å²) in [6, 6.07) is 18.2. The molecule has 2 aromatic carbocycles. The van der Waals surface area contributed by atoms with Crippen molar-refractivity contribution in [2.45, 2.75) is 24.7 Å². The number of H-pyrrole nitrogens is 1. The summed E-state index contributed by atoms with van der Waals surface area (Å²) < 4.78 is 0. The molecule has 152 valence electrons. The van der Waals surface area contributed by atoms with Gasteiger partial charge in [0.2, 0.25) is 0 Å². The maximum Gasteiger partial charge on any atom is 0.255 e. The minimum absolute atomic E-state index is 0.235. The van der Waals surface area contributed by atoms with Crippen molar-refractivity contribution in [1.29, 1.82) is 5.26 Å². The molecule has 31 heavy (non-hydrogen) atoms. The Bertz CT molecular complexity index is 1330. The van der Waals surface area contributed by atoms with E-state index in [1.165, 1.54) is 0 Å². The lowest BCUT2D eigenvalue weighted by molar-refractivity contribution is 0.102. The number of anilines is 1. The van der Waals surface area contributed by atoms with Gasteiger partial charge in [-0.25, -0.2) is 4.98 Å². The summed E-state index contributed by atoms with van der Waals surface area (Å²) in [5.41, 5.74) is 4.04. The zero-order chi connectivity index (χ0) is 21.4. The van der Waals surface area contributed by atoms with Gasteiger partial charge in [-0.3, -0.25) is 9.78 Å². The molecule has 1 aliphatic rings. The second-order valence-corrected chi connectivity index (χ2v) is 8.20. The van der Waals surface area contributed by atoms with Crippen LogP contribution in [0.15, 0.2) is 60.8 Å². The summed E-state index contributed by atoms with van der Waals surface area (Å²) in [6.07, 6.45) is 4.65. The Morgan fingerprint density at radius 1 is 1.16 bits per heavy atom. The molecule has 2 aromatic heterocycles. The topological polar surface area (TPSA) is 94.5 Å². The highest BCUT2D eigenvalue weighted by molar-refractivity contribution is 6.31. The van der Waals surface area contributed by atoms with Crippen molar-refractivity contribution in [2.75, 3.05) is 5.32 Å². The minimum Gasteiger partial charge on any atom is -0.341 e. The van der Waals surface area contributed by atoms with Crippen molar-refractivity contribution in [1.82, 2.24) is 15.0 Å². The number of hydrogen-bond acceptors (Lipinski definition) is 4. The number of hydrogen-bond donors (Lipinski definition) is 2. The van der Waals surface area contributed by atoms with Gasteiger partial charge in [0.1, 0.15) is 5.82 Å². The number of aromatic amines is 1. The third-order valence-corrected chi connectivity index (χ3v) is 6.10. The number of benzene rings is 2. The monoisotopic (exact) mass is 427 g/mol. The Hall–Kier alpha value is -3.69. The van der Waals surface area contributed by atoms with E-state index in [9.17, 15) is 4.79 Å². The Morgan fingerprint density at radius 2 is 2.03 bits per heavy atom. The Kier molecular flexibility index (Phi) is 4.68. The van der Waals surface area contributed by atoms with Crippen molar-refractivity contribution in [3.8, 4) is 6.07 Å². The molecule has 1 aliphatic carbocycles. The minimum atomic E-state index is -0.276. The van der Waals surface area contributed by atoms with Gasteiger partial charge in [-0.1, -0.05) is 24.1 Å². The summed E-state index contributed by atoms with van der Waals surface area (Å²) >= 11 is 5.97. The van der Waals surface area contributed by atoms with Crippen molar-refractivity contribution >= 4 is 34.2 Å². The standard InChI is InChI=1S/C24H18ClN5O/c25-17-4-1-3-16(12-17)22(31)28-18-6-8-21(27-14-18)24(9-2-10-24)23-29-19-7-5-15(13-26)11-20(19)30-23/h1,3-8,11-12,14H,2,9-10H2,(H,28,31)(H,29,30). The zero-order valence-electron chi connectivity index (χ0n) is 16.5. The van der Waals surface area contributed by atoms with Gasteiger partial charge in [-0.05, 0) is 61.4 Å². The molecule has 0 saturated heterocycles. The van der Waals surface area contributed by atoms with Crippen molar-refractivity contribution < 1.29 is 4.79 Å². The zero-order valence-corrected chi connectivity index (χ0v) is 17.3. The van der Waals surface area contributed by atoms with Gasteiger partial charge in [0.25, 0.3) is 5.91 Å². The number of nitrogens with one attached hydrogen (secondary N) is 2. The van der Waals surface area contributed by atoms with E-state index in [0.29, 0.717) is 21.8 Å². The number of imidazole rings is 1. The number of halogens is 1. The van der Waals surface area contributed by atoms with Gasteiger partial charge in [0, 0.05) is 10.6 Å². The lowest BCUT2D eigenvalue weighted by atomic mass is 9.66. The molecule has 1 fully saturated rings. The van der Waals surface area contributed by atoms with Gasteiger partial charge in [-0.2, -0.15) is 5.26 Å². The molecule has 6 nitrogen and oxygen atoms in total. The molecule has 0 atom stereocenters. The lowest BCUT2D eigenvalue weighted by Crippen LogP contribution is -2.37. The second kappa shape index (κ2) is 7.53. The van der Waals surface area contributed by atoms with Crippen LogP contribution in [0.3, 0.4) is 0 Å². The van der Waals surface area contributed by atoms with E-state index in [0.717, 1.165) is 41.8 Å². The summed E-state index contributed by atoms with van der Waals surface area (Å²) in [7, 11) is 0. The molecule has 2 heterocycles. The van der Waals surface area contributed by atoms with Crippen molar-refractivity contribution in [2.24, 2.45) is 0 Å². The molecule has 2 N–H and O–H groups in total. The highest BCUT2D eigenvalue weighted by Crippen LogP contribution is 2.47. The van der Waals surface area contributed by atoms with E-state index < -0.39 is 0 Å². The van der Waals surface area contributed by atoms with Crippen LogP contribution in [0.25, 0.3) is 11.0 Å². The number of amides is 1. The first-order chi connectivity index (χ1) is 15.1. The molecule has 0 aliphatic heterocycles. The molecule has 0 unspecified atom stereocenters. The second-order valence-electron chi connectivity index (χ2n) is 7.76. The maximum atomic E-state index is 12.5. The largest absolute Gasteiger partial charge is 0.341 e. The number of aromatic nitrogens is 3. The molecule has 0 radical (unpaired) electrons. The van der Waals surface area contributed by atoms with Crippen LogP contribution in [0.2, 0.25) is 5.02 Å². The molecule has 1 saturated carbocycles. The smallest absolute Gasteiger partial charge is 0.255 e. The Morgan fingerprint density at radius 3 is 2.71 bits per heavy atom. The SMILES string of the molecule is N#Cc1ccc2nc(C3(c4ccc(NC(=O)c5cccc(Cl)c5)cn4)CCC3)[nH]c2c1. The first-order valence-corrected chi connectivity index (χ1v) is 10.4. The summed E-state index contributed by atoms with van der Waals surface area (Å²) in [5, 5.41) is 12.5. The molecule has 4 aromatic rings. The van der Waals surface area contributed by atoms with Crippen LogP contribution in [-0.2, 0) is 5.41 Å². The highest BCUT2D eigenvalue weighted by atomic mass is 35.5. The van der Waals surface area contributed by atoms with E-state index in [1.807, 2.05) is 24.3 Å². The number of carbonyl (C=O) groups is 1. The van der Waals surface area contributed by atoms with Crippen LogP contribution in [0.1, 0.15) is 46.7 Å². The lowest BCUT2D eigenvalue weighted by Gasteiger charge is -2.39. The van der Waals surface area contributed by atoms with E-state index in [4.69, 9.17) is 21.8 Å². The van der Waals surface area contributed by atoms with Gasteiger partial charge < -0.3 is 10.3 Å². The fourth-order valence-electron chi connectivity index (χ4n) is 4.03. The van der Waals surface area contributed by atoms with Crippen molar-refractivity contribution in [3.05, 3.63) is 88.5 Å². The van der Waals surface area contributed by atoms with Crippen LogP contribution in [0.4, 0.5) is 5.69 Å². The van der Waals surface area contributed by atoms with Gasteiger partial charge >= 0.3 is 0 Å². The van der Waals surface area contributed by atoms with Crippen molar-refractivity contribution in [3.63, 3.8) is 0 Å². The highest BCUT2D eigenvalue weighted by Gasteiger charge is 2.44. The third-order valence-electron chi connectivity index (χ3n) is 5.87. The fraction of sp³-hybridized carbons (Fsp3) is 0.167. The number of nitrogens with zero attached hydrogens (tertiary/aromatic N) is 3. The van der Waals surface area contributed by atoms with E-state index in [2.05, 4.69) is 21.4 Å². The molecule has 1 amide bonds. The van der Waals surface area contributed by atoms with Crippen LogP contribution in [0, 0.1) is 11.3 Å². The fourth-order valence-corrected chi connectivity index (χ4v) is 4.22. The number of rotatable bonds is 4. The average Bonchev–Trinajstić information content (AvgIpc) is 3.17. The molecular formula is C24H18ClN5O. The third kappa shape index (κ3) is 3.43. The summed E-state index contributed by atoms with van der Waals surface area (Å²) in [4.78, 5) is 25.3. The van der Waals surface area contributed by atoms with Crippen LogP contribution >= 0.6 is 11.6 Å². The predicted molar refractivity (Wildman–Crippen MR) is 119 cm³/mol.